The first-order valence-corrected chi connectivity index (χ1v) is 13.1. The van der Waals surface area contributed by atoms with Gasteiger partial charge in [0, 0.05) is 37.4 Å². The Morgan fingerprint density at radius 3 is 2.39 bits per heavy atom. The van der Waals surface area contributed by atoms with Crippen LogP contribution < -0.4 is 0 Å². The fourth-order valence-electron chi connectivity index (χ4n) is 4.03. The fourth-order valence-corrected chi connectivity index (χ4v) is 4.51. The van der Waals surface area contributed by atoms with Crippen LogP contribution in [0.25, 0.3) is 0 Å². The van der Waals surface area contributed by atoms with Gasteiger partial charge in [0.25, 0.3) is 10.1 Å². The molecule has 1 aliphatic heterocycles. The Morgan fingerprint density at radius 2 is 1.79 bits per heavy atom. The van der Waals surface area contributed by atoms with Crippen LogP contribution in [0.3, 0.4) is 0 Å². The van der Waals surface area contributed by atoms with Crippen LogP contribution in [0, 0.1) is 6.92 Å². The number of unbranched alkanes of at least 4 members (excludes halogenated alkanes) is 1. The largest absolute Gasteiger partial charge is 0.379 e. The average Bonchev–Trinajstić information content (AvgIpc) is 3.18. The lowest BCUT2D eigenvalue weighted by molar-refractivity contribution is -0.927. The molecule has 0 radical (unpaired) electrons. The highest BCUT2D eigenvalue weighted by Gasteiger charge is 2.38. The number of hydrogen-bond donors (Lipinski definition) is 1. The Hall–Kier alpha value is -1.84. The highest BCUT2D eigenvalue weighted by Crippen LogP contribution is 2.36. The highest BCUT2D eigenvalue weighted by atomic mass is 32.2. The summed E-state index contributed by atoms with van der Waals surface area (Å²) in [5, 5.41) is 0. The number of hydrogen-bond acceptors (Lipinski definition) is 5. The minimum atomic E-state index is -4.02. The molecule has 0 amide bonds. The van der Waals surface area contributed by atoms with Gasteiger partial charge in [0.2, 0.25) is 0 Å². The van der Waals surface area contributed by atoms with Crippen LogP contribution in [-0.4, -0.2) is 69.0 Å². The van der Waals surface area contributed by atoms with E-state index in [1.807, 2.05) is 25.4 Å². The van der Waals surface area contributed by atoms with Crippen molar-refractivity contribution in [2.45, 2.75) is 50.5 Å². The summed E-state index contributed by atoms with van der Waals surface area (Å²) >= 11 is 0. The molecular formula is C25H39N2O5S+. The van der Waals surface area contributed by atoms with E-state index in [9.17, 15) is 8.42 Å². The molecule has 7 nitrogen and oxygen atoms in total. The molecular weight excluding hydrogens is 440 g/mol. The molecule has 0 spiro atoms. The SMILES string of the molecule is CCCCOCCOCC[N+]1(C)CCCC1c1cccnc1.Cc1ccc(S(=O)(=O)O)cc1. The van der Waals surface area contributed by atoms with E-state index in [4.69, 9.17) is 14.0 Å². The molecule has 8 heteroatoms. The topological polar surface area (TPSA) is 85.7 Å². The van der Waals surface area contributed by atoms with Crippen molar-refractivity contribution in [3.63, 3.8) is 0 Å². The molecule has 2 unspecified atom stereocenters. The molecule has 1 fully saturated rings. The molecule has 1 aliphatic rings. The first-order valence-electron chi connectivity index (χ1n) is 11.7. The lowest BCUT2D eigenvalue weighted by Gasteiger charge is -2.36. The first kappa shape index (κ1) is 27.4. The third kappa shape index (κ3) is 9.51. The van der Waals surface area contributed by atoms with Crippen molar-refractivity contribution in [3.8, 4) is 0 Å². The van der Waals surface area contributed by atoms with E-state index >= 15 is 0 Å². The number of nitrogens with zero attached hydrogens (tertiary/aromatic N) is 2. The van der Waals surface area contributed by atoms with Crippen LogP contribution in [0.1, 0.15) is 49.8 Å². The molecule has 33 heavy (non-hydrogen) atoms. The van der Waals surface area contributed by atoms with Crippen LogP contribution in [0.15, 0.2) is 53.7 Å². The third-order valence-corrected chi connectivity index (χ3v) is 6.92. The van der Waals surface area contributed by atoms with Crippen LogP contribution in [0.4, 0.5) is 0 Å². The molecule has 2 aromatic rings. The summed E-state index contributed by atoms with van der Waals surface area (Å²) in [4.78, 5) is 4.22. The van der Waals surface area contributed by atoms with E-state index in [2.05, 4.69) is 25.0 Å². The van der Waals surface area contributed by atoms with E-state index in [0.717, 1.165) is 42.8 Å². The predicted octanol–water partition coefficient (Wildman–Crippen LogP) is 4.44. The number of quaternary nitrogens is 1. The monoisotopic (exact) mass is 479 g/mol. The lowest BCUT2D eigenvalue weighted by atomic mass is 10.1. The Bertz CT molecular complexity index is 906. The van der Waals surface area contributed by atoms with Gasteiger partial charge in [-0.25, -0.2) is 0 Å². The summed E-state index contributed by atoms with van der Waals surface area (Å²) in [6.07, 6.45) is 8.74. The van der Waals surface area contributed by atoms with Crippen LogP contribution in [-0.2, 0) is 19.6 Å². The maximum absolute atomic E-state index is 10.5. The number of ether oxygens (including phenoxy) is 2. The summed E-state index contributed by atoms with van der Waals surface area (Å²) in [6, 6.07) is 10.8. The molecule has 1 aromatic carbocycles. The Balaban J connectivity index is 0.000000294. The van der Waals surface area contributed by atoms with Crippen molar-refractivity contribution >= 4 is 10.1 Å². The van der Waals surface area contributed by atoms with Gasteiger partial charge in [0.05, 0.1) is 38.3 Å². The number of aryl methyl sites for hydroxylation is 1. The molecule has 1 N–H and O–H groups in total. The van der Waals surface area contributed by atoms with Gasteiger partial charge < -0.3 is 14.0 Å². The summed E-state index contributed by atoms with van der Waals surface area (Å²) in [6.45, 7) is 9.41. The lowest BCUT2D eigenvalue weighted by Crippen LogP contribution is -2.45. The van der Waals surface area contributed by atoms with E-state index in [0.29, 0.717) is 12.6 Å². The number of aromatic nitrogens is 1. The molecule has 184 valence electrons. The summed E-state index contributed by atoms with van der Waals surface area (Å²) in [5.74, 6) is 0. The smallest absolute Gasteiger partial charge is 0.294 e. The maximum Gasteiger partial charge on any atom is 0.294 e. The van der Waals surface area contributed by atoms with Gasteiger partial charge in [0.1, 0.15) is 12.6 Å². The van der Waals surface area contributed by atoms with Gasteiger partial charge >= 0.3 is 0 Å². The minimum absolute atomic E-state index is 0.0666. The van der Waals surface area contributed by atoms with Gasteiger partial charge in [-0.3, -0.25) is 9.54 Å². The second-order valence-corrected chi connectivity index (χ2v) is 10.2. The number of likely N-dealkylation sites (N-methyl/N-ethyl adjacent to an activating group) is 1. The van der Waals surface area contributed by atoms with Gasteiger partial charge in [-0.15, -0.1) is 0 Å². The van der Waals surface area contributed by atoms with E-state index < -0.39 is 10.1 Å². The number of rotatable bonds is 11. The highest BCUT2D eigenvalue weighted by molar-refractivity contribution is 7.85. The second-order valence-electron chi connectivity index (χ2n) is 8.74. The fraction of sp³-hybridized carbons (Fsp3) is 0.560. The summed E-state index contributed by atoms with van der Waals surface area (Å²) in [7, 11) is -1.67. The van der Waals surface area contributed by atoms with Crippen molar-refractivity contribution in [2.75, 3.05) is 46.6 Å². The Labute approximate surface area is 199 Å². The van der Waals surface area contributed by atoms with Crippen molar-refractivity contribution in [2.24, 2.45) is 0 Å². The zero-order chi connectivity index (χ0) is 24.2. The van der Waals surface area contributed by atoms with E-state index in [1.165, 1.54) is 43.5 Å². The maximum atomic E-state index is 10.5. The minimum Gasteiger partial charge on any atom is -0.379 e. The molecule has 1 saturated heterocycles. The van der Waals surface area contributed by atoms with Gasteiger partial charge in [-0.2, -0.15) is 8.42 Å². The van der Waals surface area contributed by atoms with Crippen molar-refractivity contribution in [1.29, 1.82) is 0 Å². The van der Waals surface area contributed by atoms with Crippen LogP contribution in [0.5, 0.6) is 0 Å². The predicted molar refractivity (Wildman–Crippen MR) is 130 cm³/mol. The second kappa shape index (κ2) is 13.8. The summed E-state index contributed by atoms with van der Waals surface area (Å²) in [5.41, 5.74) is 2.32. The third-order valence-electron chi connectivity index (χ3n) is 6.05. The standard InChI is InChI=1S/C18H31N2O2.C7H8O3S/c1-3-4-12-21-14-15-22-13-11-20(2)10-6-8-18(20)17-7-5-9-19-16-17;1-6-2-4-7(5-3-6)11(8,9)10/h5,7,9,16,18H,3-4,6,8,10-15H2,1-2H3;2-5H,1H3,(H,8,9,10)/q+1;. The molecule has 3 rings (SSSR count). The van der Waals surface area contributed by atoms with Crippen molar-refractivity contribution < 1.29 is 26.9 Å². The van der Waals surface area contributed by atoms with Crippen LogP contribution in [0.2, 0.25) is 0 Å². The number of likely N-dealkylation sites (tertiary alicyclic amines) is 1. The number of benzene rings is 1. The molecule has 0 saturated carbocycles. The zero-order valence-electron chi connectivity index (χ0n) is 20.2. The molecule has 2 heterocycles. The Kier molecular flexibility index (Phi) is 11.4. The zero-order valence-corrected chi connectivity index (χ0v) is 21.0. The van der Waals surface area contributed by atoms with Gasteiger partial charge in [-0.1, -0.05) is 37.1 Å². The quantitative estimate of drug-likeness (QED) is 0.291. The molecule has 0 aliphatic carbocycles. The first-order chi connectivity index (χ1) is 15.8. The van der Waals surface area contributed by atoms with Gasteiger partial charge in [0.15, 0.2) is 0 Å². The van der Waals surface area contributed by atoms with Crippen molar-refractivity contribution in [1.82, 2.24) is 4.98 Å². The Morgan fingerprint density at radius 1 is 1.09 bits per heavy atom. The van der Waals surface area contributed by atoms with E-state index in [1.54, 1.807) is 12.1 Å². The summed E-state index contributed by atoms with van der Waals surface area (Å²) < 4.78 is 41.9. The van der Waals surface area contributed by atoms with Crippen molar-refractivity contribution in [3.05, 3.63) is 59.9 Å². The molecule has 0 bridgehead atoms. The molecule has 2 atom stereocenters. The van der Waals surface area contributed by atoms with Gasteiger partial charge in [-0.05, 0) is 31.5 Å². The molecule has 1 aromatic heterocycles. The van der Waals surface area contributed by atoms with Crippen LogP contribution >= 0.6 is 0 Å². The normalized spacial score (nSPS) is 20.3. The van der Waals surface area contributed by atoms with E-state index in [-0.39, 0.29) is 4.90 Å². The number of pyridine rings is 1. The average molecular weight is 480 g/mol.